The van der Waals surface area contributed by atoms with Crippen molar-refractivity contribution in [2.24, 2.45) is 0 Å². The monoisotopic (exact) mass is 178 g/mol. The van der Waals surface area contributed by atoms with Gasteiger partial charge in [0, 0.05) is 11.3 Å². The van der Waals surface area contributed by atoms with E-state index in [0.29, 0.717) is 11.9 Å². The minimum absolute atomic E-state index is 0.293. The van der Waals surface area contributed by atoms with Crippen LogP contribution in [0.25, 0.3) is 0 Å². The molecule has 0 radical (unpaired) electrons. The Morgan fingerprint density at radius 1 is 1.23 bits per heavy atom. The van der Waals surface area contributed by atoms with Crippen LogP contribution < -0.4 is 0 Å². The summed E-state index contributed by atoms with van der Waals surface area (Å²) < 4.78 is 2.07. The zero-order chi connectivity index (χ0) is 8.84. The number of aromatic hydroxyl groups is 1. The van der Waals surface area contributed by atoms with Gasteiger partial charge in [-0.3, -0.25) is 4.68 Å². The molecule has 0 saturated heterocycles. The predicted molar refractivity (Wildman–Crippen MR) is 48.8 cm³/mol. The summed E-state index contributed by atoms with van der Waals surface area (Å²) in [6, 6.07) is 0.604. The highest BCUT2D eigenvalue weighted by atomic mass is 16.3. The molecule has 3 rings (SSSR count). The first-order valence-electron chi connectivity index (χ1n) is 5.15. The van der Waals surface area contributed by atoms with Crippen LogP contribution in [0.4, 0.5) is 0 Å². The Hall–Kier alpha value is -0.990. The highest BCUT2D eigenvalue weighted by Crippen LogP contribution is 2.39. The molecule has 13 heavy (non-hydrogen) atoms. The van der Waals surface area contributed by atoms with Crippen molar-refractivity contribution in [1.82, 2.24) is 9.78 Å². The Morgan fingerprint density at radius 2 is 2.00 bits per heavy atom. The number of hydrogen-bond donors (Lipinski definition) is 1. The first-order valence-corrected chi connectivity index (χ1v) is 5.15. The first-order chi connectivity index (χ1) is 6.36. The highest BCUT2D eigenvalue weighted by molar-refractivity contribution is 5.33. The number of rotatable bonds is 1. The van der Waals surface area contributed by atoms with Gasteiger partial charge in [0.2, 0.25) is 5.88 Å². The van der Waals surface area contributed by atoms with E-state index in [4.69, 9.17) is 0 Å². The molecule has 0 aromatic carbocycles. The van der Waals surface area contributed by atoms with Gasteiger partial charge in [-0.25, -0.2) is 0 Å². The van der Waals surface area contributed by atoms with Crippen LogP contribution >= 0.6 is 0 Å². The smallest absolute Gasteiger partial charge is 0.233 e. The Kier molecular flexibility index (Phi) is 1.43. The summed E-state index contributed by atoms with van der Waals surface area (Å²) in [6.45, 7) is 0. The van der Waals surface area contributed by atoms with Crippen LogP contribution in [0.15, 0.2) is 0 Å². The summed E-state index contributed by atoms with van der Waals surface area (Å²) in [7, 11) is 0. The number of fused-ring (bicyclic) bond motifs is 1. The Bertz CT molecular complexity index is 339. The average molecular weight is 178 g/mol. The second-order valence-corrected chi connectivity index (χ2v) is 4.13. The van der Waals surface area contributed by atoms with Crippen molar-refractivity contribution in [3.63, 3.8) is 0 Å². The maximum atomic E-state index is 9.62. The van der Waals surface area contributed by atoms with Gasteiger partial charge in [-0.1, -0.05) is 0 Å². The molecule has 0 bridgehead atoms. The van der Waals surface area contributed by atoms with E-state index >= 15 is 0 Å². The molecule has 70 valence electrons. The predicted octanol–water partition coefficient (Wildman–Crippen LogP) is 1.80. The largest absolute Gasteiger partial charge is 0.492 e. The van der Waals surface area contributed by atoms with Crippen molar-refractivity contribution < 1.29 is 5.11 Å². The molecule has 0 spiro atoms. The van der Waals surface area contributed by atoms with Gasteiger partial charge in [0.25, 0.3) is 0 Å². The molecular formula is C10H14N2O. The molecule has 1 aromatic rings. The third-order valence-electron chi connectivity index (χ3n) is 3.08. The van der Waals surface area contributed by atoms with Gasteiger partial charge < -0.3 is 5.11 Å². The molecule has 0 unspecified atom stereocenters. The Balaban J connectivity index is 2.09. The summed E-state index contributed by atoms with van der Waals surface area (Å²) in [6.07, 6.45) is 7.08. The summed E-state index contributed by atoms with van der Waals surface area (Å²) >= 11 is 0. The maximum absolute atomic E-state index is 9.62. The minimum Gasteiger partial charge on any atom is -0.492 e. The van der Waals surface area contributed by atoms with E-state index in [-0.39, 0.29) is 0 Å². The lowest BCUT2D eigenvalue weighted by atomic mass is 9.98. The second kappa shape index (κ2) is 2.50. The van der Waals surface area contributed by atoms with Crippen molar-refractivity contribution in [3.8, 4) is 5.88 Å². The van der Waals surface area contributed by atoms with Crippen molar-refractivity contribution >= 4 is 0 Å². The van der Waals surface area contributed by atoms with Crippen molar-refractivity contribution in [2.75, 3.05) is 0 Å². The number of aromatic nitrogens is 2. The Labute approximate surface area is 77.4 Å². The summed E-state index contributed by atoms with van der Waals surface area (Å²) in [5, 5.41) is 13.8. The van der Waals surface area contributed by atoms with E-state index in [9.17, 15) is 5.11 Å². The standard InChI is InChI=1S/C10H14N2O/c13-10-8-3-1-2-4-9(8)12(11-10)7-5-6-7/h7H,1-6H2,(H,11,13). The molecule has 1 aromatic heterocycles. The van der Waals surface area contributed by atoms with E-state index in [2.05, 4.69) is 9.78 Å². The minimum atomic E-state index is 0.293. The molecule has 0 atom stereocenters. The second-order valence-electron chi connectivity index (χ2n) is 4.13. The summed E-state index contributed by atoms with van der Waals surface area (Å²) in [4.78, 5) is 0. The van der Waals surface area contributed by atoms with Crippen LogP contribution in [0.2, 0.25) is 0 Å². The molecule has 1 heterocycles. The van der Waals surface area contributed by atoms with E-state index in [0.717, 1.165) is 18.4 Å². The van der Waals surface area contributed by atoms with Crippen molar-refractivity contribution in [3.05, 3.63) is 11.3 Å². The Morgan fingerprint density at radius 3 is 2.77 bits per heavy atom. The topological polar surface area (TPSA) is 38.1 Å². The average Bonchev–Trinajstić information content (AvgIpc) is 2.94. The number of hydrogen-bond acceptors (Lipinski definition) is 2. The van der Waals surface area contributed by atoms with E-state index in [1.165, 1.54) is 31.4 Å². The van der Waals surface area contributed by atoms with Crippen molar-refractivity contribution in [1.29, 1.82) is 0 Å². The van der Waals surface area contributed by atoms with Gasteiger partial charge in [0.15, 0.2) is 0 Å². The maximum Gasteiger partial charge on any atom is 0.233 e. The lowest BCUT2D eigenvalue weighted by Gasteiger charge is -2.12. The fourth-order valence-corrected chi connectivity index (χ4v) is 2.23. The molecular weight excluding hydrogens is 164 g/mol. The fourth-order valence-electron chi connectivity index (χ4n) is 2.23. The molecule has 0 aliphatic heterocycles. The van der Waals surface area contributed by atoms with Gasteiger partial charge in [-0.05, 0) is 38.5 Å². The normalized spacial score (nSPS) is 21.5. The third-order valence-corrected chi connectivity index (χ3v) is 3.08. The molecule has 2 aliphatic rings. The SMILES string of the molecule is Oc1nn(C2CC2)c2c1CCCC2. The number of nitrogens with zero attached hydrogens (tertiary/aromatic N) is 2. The highest BCUT2D eigenvalue weighted by Gasteiger charge is 2.30. The lowest BCUT2D eigenvalue weighted by Crippen LogP contribution is -2.07. The zero-order valence-electron chi connectivity index (χ0n) is 7.66. The van der Waals surface area contributed by atoms with E-state index < -0.39 is 0 Å². The molecule has 3 heteroatoms. The van der Waals surface area contributed by atoms with Crippen molar-refractivity contribution in [2.45, 2.75) is 44.6 Å². The molecule has 3 nitrogen and oxygen atoms in total. The lowest BCUT2D eigenvalue weighted by molar-refractivity contribution is 0.433. The van der Waals surface area contributed by atoms with Crippen LogP contribution in [-0.2, 0) is 12.8 Å². The van der Waals surface area contributed by atoms with Gasteiger partial charge in [0.05, 0.1) is 6.04 Å². The molecule has 1 fully saturated rings. The quantitative estimate of drug-likeness (QED) is 0.712. The molecule has 2 aliphatic carbocycles. The van der Waals surface area contributed by atoms with Gasteiger partial charge >= 0.3 is 0 Å². The van der Waals surface area contributed by atoms with Gasteiger partial charge in [0.1, 0.15) is 0 Å². The van der Waals surface area contributed by atoms with Crippen LogP contribution in [0.1, 0.15) is 43.0 Å². The fraction of sp³-hybridized carbons (Fsp3) is 0.700. The summed E-state index contributed by atoms with van der Waals surface area (Å²) in [5.74, 6) is 0.293. The molecule has 1 saturated carbocycles. The van der Waals surface area contributed by atoms with Crippen LogP contribution in [-0.4, -0.2) is 14.9 Å². The van der Waals surface area contributed by atoms with Gasteiger partial charge in [-0.15, -0.1) is 5.10 Å². The van der Waals surface area contributed by atoms with Gasteiger partial charge in [-0.2, -0.15) is 0 Å². The van der Waals surface area contributed by atoms with E-state index in [1.807, 2.05) is 0 Å². The molecule has 0 amide bonds. The molecule has 1 N–H and O–H groups in total. The van der Waals surface area contributed by atoms with Crippen LogP contribution in [0.5, 0.6) is 5.88 Å². The third kappa shape index (κ3) is 1.06. The zero-order valence-corrected chi connectivity index (χ0v) is 7.66. The summed E-state index contributed by atoms with van der Waals surface area (Å²) in [5.41, 5.74) is 2.43. The van der Waals surface area contributed by atoms with Crippen LogP contribution in [0.3, 0.4) is 0 Å². The first kappa shape index (κ1) is 7.42. The van der Waals surface area contributed by atoms with Crippen LogP contribution in [0, 0.1) is 0 Å². The van der Waals surface area contributed by atoms with E-state index in [1.54, 1.807) is 0 Å².